The van der Waals surface area contributed by atoms with Crippen LogP contribution in [0, 0.1) is 0 Å². The summed E-state index contributed by atoms with van der Waals surface area (Å²) < 4.78 is 0. The van der Waals surface area contributed by atoms with Crippen LogP contribution in [-0.4, -0.2) is 35.4 Å². The van der Waals surface area contributed by atoms with Gasteiger partial charge in [-0.2, -0.15) is 0 Å². The molecule has 0 aromatic rings. The zero-order valence-electron chi connectivity index (χ0n) is 12.9. The Balaban J connectivity index is -0.000000280. The molecule has 0 amide bonds. The second-order valence-corrected chi connectivity index (χ2v) is 4.54. The molecule has 0 radical (unpaired) electrons. The Morgan fingerprint density at radius 1 is 0.947 bits per heavy atom. The average Bonchev–Trinajstić information content (AvgIpc) is 2.27. The van der Waals surface area contributed by atoms with Crippen molar-refractivity contribution in [2.75, 3.05) is 6.61 Å². The van der Waals surface area contributed by atoms with Gasteiger partial charge in [-0.1, -0.05) is 65.2 Å². The molecule has 0 aliphatic heterocycles. The molecule has 0 aromatic carbocycles. The van der Waals surface area contributed by atoms with Gasteiger partial charge in [0.1, 0.15) is 0 Å². The maximum atomic E-state index is 10.1. The minimum Gasteiger partial charge on any atom is -0.876 e. The summed E-state index contributed by atoms with van der Waals surface area (Å²) in [5, 5.41) is 20.0. The van der Waals surface area contributed by atoms with Crippen molar-refractivity contribution < 1.29 is 15.0 Å². The molecule has 19 heavy (non-hydrogen) atoms. The summed E-state index contributed by atoms with van der Waals surface area (Å²) in [6, 6.07) is 0. The van der Waals surface area contributed by atoms with Gasteiger partial charge in [-0.15, -0.1) is 12.4 Å². The monoisotopic (exact) mass is 280 g/mol. The van der Waals surface area contributed by atoms with E-state index >= 15 is 0 Å². The fraction of sp³-hybridized carbons (Fsp3) is 0.800. The fourth-order valence-corrected chi connectivity index (χ4v) is 1.52. The molecule has 4 heteroatoms. The third-order valence-corrected chi connectivity index (χ3v) is 2.40. The molecule has 0 aliphatic carbocycles. The largest absolute Gasteiger partial charge is 2.00 e. The quantitative estimate of drug-likeness (QED) is 0.281. The SMILES string of the molecule is CC(=O)C=C(C)[O-].CCCCCCCCCC[O-].[Mg+2]. The summed E-state index contributed by atoms with van der Waals surface area (Å²) in [5.74, 6) is -0.375. The van der Waals surface area contributed by atoms with Gasteiger partial charge in [-0.05, 0) is 13.0 Å². The van der Waals surface area contributed by atoms with Crippen molar-refractivity contribution in [3.63, 3.8) is 0 Å². The zero-order valence-corrected chi connectivity index (χ0v) is 14.3. The van der Waals surface area contributed by atoms with E-state index in [-0.39, 0.29) is 41.2 Å². The molecular weight excluding hydrogens is 252 g/mol. The molecule has 0 rings (SSSR count). The van der Waals surface area contributed by atoms with E-state index in [9.17, 15) is 15.0 Å². The van der Waals surface area contributed by atoms with Crippen LogP contribution in [0.3, 0.4) is 0 Å². The molecule has 0 heterocycles. The first-order valence-corrected chi connectivity index (χ1v) is 6.98. The Labute approximate surface area is 134 Å². The molecule has 0 fully saturated rings. The summed E-state index contributed by atoms with van der Waals surface area (Å²) in [6.45, 7) is 5.05. The minimum absolute atomic E-state index is 0. The van der Waals surface area contributed by atoms with Gasteiger partial charge >= 0.3 is 23.1 Å². The molecule has 0 saturated carbocycles. The zero-order chi connectivity index (χ0) is 14.2. The summed E-state index contributed by atoms with van der Waals surface area (Å²) >= 11 is 0. The number of hydrogen-bond acceptors (Lipinski definition) is 3. The molecule has 0 aromatic heterocycles. The van der Waals surface area contributed by atoms with Crippen LogP contribution in [0.5, 0.6) is 0 Å². The maximum Gasteiger partial charge on any atom is 2.00 e. The summed E-state index contributed by atoms with van der Waals surface area (Å²) in [4.78, 5) is 9.98. The predicted molar refractivity (Wildman–Crippen MR) is 77.7 cm³/mol. The van der Waals surface area contributed by atoms with Crippen LogP contribution in [0.2, 0.25) is 0 Å². The molecule has 3 nitrogen and oxygen atoms in total. The van der Waals surface area contributed by atoms with Gasteiger partial charge in [0.25, 0.3) is 0 Å². The predicted octanol–water partition coefficient (Wildman–Crippen LogP) is 1.95. The molecule has 0 atom stereocenters. The molecule has 108 valence electrons. The first-order chi connectivity index (χ1) is 8.54. The number of rotatable bonds is 9. The van der Waals surface area contributed by atoms with Crippen LogP contribution in [0.4, 0.5) is 0 Å². The fourth-order valence-electron chi connectivity index (χ4n) is 1.52. The van der Waals surface area contributed by atoms with Crippen molar-refractivity contribution in [1.29, 1.82) is 0 Å². The second-order valence-electron chi connectivity index (χ2n) is 4.54. The number of allylic oxidation sites excluding steroid dienone is 2. The van der Waals surface area contributed by atoms with Gasteiger partial charge < -0.3 is 10.2 Å². The standard InChI is InChI=1S/C10H21O.C5H8O2.Mg/c1-2-3-4-5-6-7-8-9-10-11;1-4(6)3-5(2)7;/h2-10H2,1H3;3,6H,1-2H3;/q-1;;+2/p-1. The van der Waals surface area contributed by atoms with Gasteiger partial charge in [0.2, 0.25) is 0 Å². The average molecular weight is 281 g/mol. The van der Waals surface area contributed by atoms with E-state index in [4.69, 9.17) is 0 Å². The Hall–Kier alpha value is -0.0638. The van der Waals surface area contributed by atoms with Crippen LogP contribution in [0.25, 0.3) is 0 Å². The number of hydrogen-bond donors (Lipinski definition) is 0. The van der Waals surface area contributed by atoms with Crippen molar-refractivity contribution in [2.45, 2.75) is 72.1 Å². The van der Waals surface area contributed by atoms with Crippen molar-refractivity contribution in [3.8, 4) is 0 Å². The van der Waals surface area contributed by atoms with Crippen LogP contribution in [0.15, 0.2) is 11.8 Å². The molecule has 0 bridgehead atoms. The smallest absolute Gasteiger partial charge is 0.876 e. The number of ketones is 1. The summed E-state index contributed by atoms with van der Waals surface area (Å²) in [6.07, 6.45) is 11.1. The number of carbonyl (C=O) groups is 1. The first-order valence-electron chi connectivity index (χ1n) is 6.98. The topological polar surface area (TPSA) is 63.2 Å². The Morgan fingerprint density at radius 3 is 1.63 bits per heavy atom. The second kappa shape index (κ2) is 20.3. The van der Waals surface area contributed by atoms with Crippen molar-refractivity contribution in [2.24, 2.45) is 0 Å². The molecule has 0 unspecified atom stereocenters. The van der Waals surface area contributed by atoms with E-state index in [1.165, 1.54) is 52.4 Å². The molecule has 0 N–H and O–H groups in total. The molecule has 0 spiro atoms. The van der Waals surface area contributed by atoms with E-state index in [0.29, 0.717) is 0 Å². The minimum atomic E-state index is -0.187. The van der Waals surface area contributed by atoms with E-state index in [1.807, 2.05) is 0 Å². The first kappa shape index (κ1) is 24.0. The van der Waals surface area contributed by atoms with E-state index in [0.717, 1.165) is 18.9 Å². The van der Waals surface area contributed by atoms with Gasteiger partial charge in [-0.3, -0.25) is 4.79 Å². The maximum absolute atomic E-state index is 10.1. The van der Waals surface area contributed by atoms with Gasteiger partial charge in [0.05, 0.1) is 0 Å². The summed E-state index contributed by atoms with van der Waals surface area (Å²) in [5.41, 5.74) is 0. The number of unbranched alkanes of at least 4 members (excludes halogenated alkanes) is 7. The Kier molecular flexibility index (Phi) is 25.6. The van der Waals surface area contributed by atoms with Crippen molar-refractivity contribution >= 4 is 28.8 Å². The van der Waals surface area contributed by atoms with E-state index < -0.39 is 0 Å². The van der Waals surface area contributed by atoms with Crippen molar-refractivity contribution in [3.05, 3.63) is 11.8 Å². The van der Waals surface area contributed by atoms with Crippen LogP contribution in [-0.2, 0) is 4.79 Å². The van der Waals surface area contributed by atoms with Crippen LogP contribution >= 0.6 is 0 Å². The third kappa shape index (κ3) is 32.0. The normalized spacial score (nSPS) is 10.2. The van der Waals surface area contributed by atoms with Crippen molar-refractivity contribution in [1.82, 2.24) is 0 Å². The van der Waals surface area contributed by atoms with Crippen LogP contribution in [0.1, 0.15) is 72.1 Å². The number of carbonyl (C=O) groups excluding carboxylic acids is 1. The van der Waals surface area contributed by atoms with E-state index in [2.05, 4.69) is 6.92 Å². The van der Waals surface area contributed by atoms with Gasteiger partial charge in [-0.25, -0.2) is 0 Å². The van der Waals surface area contributed by atoms with Gasteiger partial charge in [0, 0.05) is 0 Å². The Morgan fingerprint density at radius 2 is 1.37 bits per heavy atom. The Bertz CT molecular complexity index is 203. The molecular formula is C15H28MgO3. The summed E-state index contributed by atoms with van der Waals surface area (Å²) in [7, 11) is 0. The molecule has 0 saturated heterocycles. The van der Waals surface area contributed by atoms with Crippen LogP contribution < -0.4 is 10.2 Å². The van der Waals surface area contributed by atoms with E-state index in [1.54, 1.807) is 0 Å². The third-order valence-electron chi connectivity index (χ3n) is 2.40. The van der Waals surface area contributed by atoms with Gasteiger partial charge in [0.15, 0.2) is 5.78 Å². The molecule has 0 aliphatic rings.